The molecule has 7 nitrogen and oxygen atoms in total. The van der Waals surface area contributed by atoms with Gasteiger partial charge in [-0.2, -0.15) is 5.10 Å². The average molecular weight is 390 g/mol. The molecular formula is C22H26N6O. The Balaban J connectivity index is 1.31. The summed E-state index contributed by atoms with van der Waals surface area (Å²) in [7, 11) is 1.84. The van der Waals surface area contributed by atoms with Gasteiger partial charge in [0.2, 0.25) is 5.91 Å². The molecule has 0 bridgehead atoms. The van der Waals surface area contributed by atoms with Gasteiger partial charge in [-0.05, 0) is 49.5 Å². The molecule has 0 aliphatic heterocycles. The third-order valence-electron chi connectivity index (χ3n) is 7.49. The van der Waals surface area contributed by atoms with Gasteiger partial charge in [0.05, 0.1) is 17.4 Å². The zero-order valence-corrected chi connectivity index (χ0v) is 17.0. The van der Waals surface area contributed by atoms with Crippen LogP contribution in [0.4, 0.5) is 5.69 Å². The van der Waals surface area contributed by atoms with E-state index < -0.39 is 0 Å². The minimum Gasteiger partial charge on any atom is -0.335 e. The van der Waals surface area contributed by atoms with Gasteiger partial charge in [-0.3, -0.25) is 9.89 Å². The van der Waals surface area contributed by atoms with Crippen molar-refractivity contribution in [1.82, 2.24) is 25.1 Å². The van der Waals surface area contributed by atoms with Gasteiger partial charge in [-0.1, -0.05) is 19.8 Å². The van der Waals surface area contributed by atoms with Gasteiger partial charge in [0.25, 0.3) is 0 Å². The van der Waals surface area contributed by atoms with E-state index in [4.69, 9.17) is 0 Å². The lowest BCUT2D eigenvalue weighted by atomic mass is 9.88. The summed E-state index contributed by atoms with van der Waals surface area (Å²) in [6, 6.07) is 1.97. The summed E-state index contributed by atoms with van der Waals surface area (Å²) in [6.45, 7) is 2.37. The Morgan fingerprint density at radius 1 is 1.31 bits per heavy atom. The van der Waals surface area contributed by atoms with E-state index in [1.807, 2.05) is 13.1 Å². The zero-order valence-electron chi connectivity index (χ0n) is 17.0. The number of nitrogens with one attached hydrogen (secondary N) is 2. The quantitative estimate of drug-likeness (QED) is 0.714. The number of aromatic amines is 2. The number of nitrogens with zero attached hydrogens (tertiary/aromatic N) is 4. The summed E-state index contributed by atoms with van der Waals surface area (Å²) in [5.74, 6) is 1.88. The van der Waals surface area contributed by atoms with Crippen LogP contribution in [-0.2, 0) is 17.6 Å². The third kappa shape index (κ3) is 2.63. The molecule has 2 fully saturated rings. The Kier molecular flexibility index (Phi) is 3.50. The van der Waals surface area contributed by atoms with Crippen molar-refractivity contribution in [2.24, 2.45) is 17.3 Å². The van der Waals surface area contributed by atoms with E-state index in [0.717, 1.165) is 67.2 Å². The number of aromatic nitrogens is 5. The predicted octanol–water partition coefficient (Wildman–Crippen LogP) is 3.63. The molecule has 0 unspecified atom stereocenters. The van der Waals surface area contributed by atoms with Gasteiger partial charge in [0, 0.05) is 24.2 Å². The molecule has 2 N–H and O–H groups in total. The maximum absolute atomic E-state index is 12.8. The molecule has 3 aromatic heterocycles. The van der Waals surface area contributed by atoms with Crippen LogP contribution >= 0.6 is 0 Å². The highest BCUT2D eigenvalue weighted by Gasteiger charge is 2.53. The number of hydrogen-bond acceptors (Lipinski definition) is 4. The lowest BCUT2D eigenvalue weighted by molar-refractivity contribution is -0.121. The number of amides is 1. The van der Waals surface area contributed by atoms with Gasteiger partial charge < -0.3 is 9.88 Å². The molecule has 3 aliphatic rings. The normalized spacial score (nSPS) is 25.8. The fourth-order valence-corrected chi connectivity index (χ4v) is 5.41. The van der Waals surface area contributed by atoms with Crippen LogP contribution in [0.25, 0.3) is 22.7 Å². The first kappa shape index (κ1) is 17.2. The number of pyridine rings is 1. The van der Waals surface area contributed by atoms with Crippen molar-refractivity contribution in [2.75, 3.05) is 11.9 Å². The first-order valence-corrected chi connectivity index (χ1v) is 10.7. The first-order valence-electron chi connectivity index (χ1n) is 10.7. The second-order valence-corrected chi connectivity index (χ2v) is 9.49. The van der Waals surface area contributed by atoms with Crippen molar-refractivity contribution in [3.8, 4) is 11.5 Å². The Hall–Kier alpha value is -2.70. The molecule has 150 valence electrons. The highest BCUT2D eigenvalue weighted by molar-refractivity contribution is 5.96. The van der Waals surface area contributed by atoms with Crippen LogP contribution in [0.3, 0.4) is 0 Å². The van der Waals surface area contributed by atoms with Crippen LogP contribution in [-0.4, -0.2) is 38.1 Å². The molecular weight excluding hydrogens is 364 g/mol. The fraction of sp³-hybridized carbons (Fsp3) is 0.545. The van der Waals surface area contributed by atoms with E-state index >= 15 is 0 Å². The maximum atomic E-state index is 12.8. The maximum Gasteiger partial charge on any atom is 0.229 e. The Bertz CT molecular complexity index is 1120. The summed E-state index contributed by atoms with van der Waals surface area (Å²) in [4.78, 5) is 27.1. The molecule has 2 saturated carbocycles. The largest absolute Gasteiger partial charge is 0.335 e. The monoisotopic (exact) mass is 390 g/mol. The zero-order chi connectivity index (χ0) is 19.8. The third-order valence-corrected chi connectivity index (χ3v) is 7.49. The Morgan fingerprint density at radius 3 is 2.97 bits per heavy atom. The molecule has 3 heterocycles. The van der Waals surface area contributed by atoms with Crippen LogP contribution in [0.5, 0.6) is 0 Å². The van der Waals surface area contributed by atoms with E-state index in [2.05, 4.69) is 32.1 Å². The topological polar surface area (TPSA) is 90.6 Å². The lowest BCUT2D eigenvalue weighted by Gasteiger charge is -2.20. The molecule has 7 heteroatoms. The number of imidazole rings is 1. The van der Waals surface area contributed by atoms with Crippen molar-refractivity contribution in [3.05, 3.63) is 23.5 Å². The summed E-state index contributed by atoms with van der Waals surface area (Å²) in [5.41, 5.74) is 6.26. The van der Waals surface area contributed by atoms with Crippen LogP contribution in [0, 0.1) is 17.3 Å². The lowest BCUT2D eigenvalue weighted by Crippen LogP contribution is -2.31. The number of carbonyl (C=O) groups excluding carboxylic acids is 1. The summed E-state index contributed by atoms with van der Waals surface area (Å²) < 4.78 is 0. The number of carbonyl (C=O) groups is 1. The minimum atomic E-state index is 0.150. The molecule has 0 radical (unpaired) electrons. The highest BCUT2D eigenvalue weighted by Crippen LogP contribution is 2.59. The fourth-order valence-electron chi connectivity index (χ4n) is 5.41. The number of H-pyrrole nitrogens is 2. The van der Waals surface area contributed by atoms with Gasteiger partial charge in [0.15, 0.2) is 11.5 Å². The number of anilines is 1. The molecule has 6 rings (SSSR count). The molecule has 1 amide bonds. The summed E-state index contributed by atoms with van der Waals surface area (Å²) >= 11 is 0. The standard InChI is InChI=1S/C22H26N6O/c1-22-9-13(22)7-15-17(10-22)26-27-18(15)20-24-16-8-14(11-23-19(16)25-20)28(2)21(29)12-5-3-4-6-12/h8,11-13H,3-7,9-10H2,1-2H3,(H,26,27)(H,23,24,25)/t13-,22-/m1/s1. The van der Waals surface area contributed by atoms with E-state index in [-0.39, 0.29) is 11.8 Å². The molecule has 3 aliphatic carbocycles. The molecule has 2 atom stereocenters. The Morgan fingerprint density at radius 2 is 2.14 bits per heavy atom. The molecule has 29 heavy (non-hydrogen) atoms. The molecule has 0 saturated heterocycles. The SMILES string of the molecule is CN(C(=O)C1CCCC1)c1cnc2nc(-c3n[nH]c4c3C[C@@H]3C[C@]3(C)C4)[nH]c2c1. The highest BCUT2D eigenvalue weighted by atomic mass is 16.2. The number of hydrogen-bond donors (Lipinski definition) is 2. The molecule has 3 aromatic rings. The second kappa shape index (κ2) is 5.90. The van der Waals surface area contributed by atoms with Gasteiger partial charge >= 0.3 is 0 Å². The van der Waals surface area contributed by atoms with E-state index in [1.54, 1.807) is 11.1 Å². The predicted molar refractivity (Wildman–Crippen MR) is 110 cm³/mol. The average Bonchev–Trinajstić information content (AvgIpc) is 3.19. The van der Waals surface area contributed by atoms with Crippen molar-refractivity contribution in [1.29, 1.82) is 0 Å². The van der Waals surface area contributed by atoms with Crippen molar-refractivity contribution in [3.63, 3.8) is 0 Å². The molecule has 0 aromatic carbocycles. The molecule has 0 spiro atoms. The van der Waals surface area contributed by atoms with Crippen LogP contribution in [0.15, 0.2) is 12.3 Å². The van der Waals surface area contributed by atoms with Crippen molar-refractivity contribution < 1.29 is 4.79 Å². The van der Waals surface area contributed by atoms with Crippen molar-refractivity contribution >= 4 is 22.8 Å². The smallest absolute Gasteiger partial charge is 0.229 e. The van der Waals surface area contributed by atoms with E-state index in [1.165, 1.54) is 17.7 Å². The summed E-state index contributed by atoms with van der Waals surface area (Å²) in [6.07, 6.45) is 9.51. The number of rotatable bonds is 3. The van der Waals surface area contributed by atoms with E-state index in [0.29, 0.717) is 11.1 Å². The van der Waals surface area contributed by atoms with Gasteiger partial charge in [-0.25, -0.2) is 9.97 Å². The van der Waals surface area contributed by atoms with E-state index in [9.17, 15) is 4.79 Å². The van der Waals surface area contributed by atoms with Gasteiger partial charge in [0.1, 0.15) is 5.69 Å². The van der Waals surface area contributed by atoms with Gasteiger partial charge in [-0.15, -0.1) is 0 Å². The van der Waals surface area contributed by atoms with Crippen LogP contribution in [0.1, 0.15) is 50.3 Å². The second-order valence-electron chi connectivity index (χ2n) is 9.49. The van der Waals surface area contributed by atoms with Crippen molar-refractivity contribution in [2.45, 2.75) is 51.9 Å². The first-order chi connectivity index (χ1) is 14.0. The van der Waals surface area contributed by atoms with Crippen LogP contribution in [0.2, 0.25) is 0 Å². The number of fused-ring (bicyclic) bond motifs is 3. The van der Waals surface area contributed by atoms with Crippen LogP contribution < -0.4 is 4.90 Å². The Labute approximate surface area is 169 Å². The minimum absolute atomic E-state index is 0.150. The summed E-state index contributed by atoms with van der Waals surface area (Å²) in [5, 5.41) is 7.82.